The Labute approximate surface area is 77.1 Å². The van der Waals surface area contributed by atoms with Gasteiger partial charge in [0, 0.05) is 19.8 Å². The largest absolute Gasteiger partial charge is 0.292 e. The van der Waals surface area contributed by atoms with E-state index in [-0.39, 0.29) is 5.91 Å². The molecule has 1 aromatic rings. The van der Waals surface area contributed by atoms with Crippen molar-refractivity contribution in [3.8, 4) is 0 Å². The van der Waals surface area contributed by atoms with Crippen LogP contribution in [0.5, 0.6) is 0 Å². The first-order valence-electron chi connectivity index (χ1n) is 4.08. The minimum Gasteiger partial charge on any atom is -0.292 e. The molecule has 0 atom stereocenters. The van der Waals surface area contributed by atoms with Crippen LogP contribution in [0.25, 0.3) is 0 Å². The van der Waals surface area contributed by atoms with Gasteiger partial charge in [0.1, 0.15) is 0 Å². The van der Waals surface area contributed by atoms with E-state index in [9.17, 15) is 4.79 Å². The molecule has 0 aliphatic rings. The van der Waals surface area contributed by atoms with Gasteiger partial charge < -0.3 is 0 Å². The standard InChI is InChI=1S/C8H14N4O/c1-6-4-7(12(3)11-6)5-8(13)10-9-2/h4,9H,5H2,1-3H3,(H,10,13). The molecule has 0 saturated carbocycles. The van der Waals surface area contributed by atoms with Gasteiger partial charge in [-0.2, -0.15) is 5.10 Å². The van der Waals surface area contributed by atoms with Crippen molar-refractivity contribution in [3.63, 3.8) is 0 Å². The second-order valence-corrected chi connectivity index (χ2v) is 2.88. The van der Waals surface area contributed by atoms with Crippen LogP contribution in [0.3, 0.4) is 0 Å². The molecular formula is C8H14N4O. The van der Waals surface area contributed by atoms with E-state index in [2.05, 4.69) is 16.0 Å². The lowest BCUT2D eigenvalue weighted by molar-refractivity contribution is -0.121. The fourth-order valence-electron chi connectivity index (χ4n) is 1.18. The summed E-state index contributed by atoms with van der Waals surface area (Å²) in [5, 5.41) is 4.14. The highest BCUT2D eigenvalue weighted by molar-refractivity contribution is 5.77. The van der Waals surface area contributed by atoms with Gasteiger partial charge in [0.25, 0.3) is 0 Å². The Morgan fingerprint density at radius 1 is 1.69 bits per heavy atom. The van der Waals surface area contributed by atoms with Crippen molar-refractivity contribution in [1.82, 2.24) is 20.6 Å². The van der Waals surface area contributed by atoms with Crippen LogP contribution in [0.4, 0.5) is 0 Å². The smallest absolute Gasteiger partial charge is 0.240 e. The van der Waals surface area contributed by atoms with E-state index in [0.717, 1.165) is 11.4 Å². The molecule has 0 aliphatic carbocycles. The molecule has 0 unspecified atom stereocenters. The highest BCUT2D eigenvalue weighted by Crippen LogP contribution is 2.01. The van der Waals surface area contributed by atoms with Crippen LogP contribution in [-0.4, -0.2) is 22.7 Å². The third-order valence-corrected chi connectivity index (χ3v) is 1.70. The number of aryl methyl sites for hydroxylation is 2. The third kappa shape index (κ3) is 2.55. The molecule has 1 rings (SSSR count). The van der Waals surface area contributed by atoms with Crippen molar-refractivity contribution in [1.29, 1.82) is 0 Å². The van der Waals surface area contributed by atoms with Gasteiger partial charge in [-0.25, -0.2) is 5.43 Å². The van der Waals surface area contributed by atoms with E-state index in [0.29, 0.717) is 6.42 Å². The van der Waals surface area contributed by atoms with Gasteiger partial charge in [0.05, 0.1) is 12.1 Å². The lowest BCUT2D eigenvalue weighted by Gasteiger charge is -2.02. The molecule has 13 heavy (non-hydrogen) atoms. The highest BCUT2D eigenvalue weighted by atomic mass is 16.2. The van der Waals surface area contributed by atoms with Gasteiger partial charge in [-0.1, -0.05) is 0 Å². The zero-order valence-corrected chi connectivity index (χ0v) is 8.09. The Bertz CT molecular complexity index is 305. The first-order valence-corrected chi connectivity index (χ1v) is 4.08. The van der Waals surface area contributed by atoms with Gasteiger partial charge in [-0.15, -0.1) is 0 Å². The Balaban J connectivity index is 2.63. The first-order chi connectivity index (χ1) is 6.13. The fourth-order valence-corrected chi connectivity index (χ4v) is 1.18. The van der Waals surface area contributed by atoms with Gasteiger partial charge in [-0.3, -0.25) is 14.9 Å². The maximum absolute atomic E-state index is 11.2. The summed E-state index contributed by atoms with van der Waals surface area (Å²) in [4.78, 5) is 11.2. The topological polar surface area (TPSA) is 58.9 Å². The quantitative estimate of drug-likeness (QED) is 0.621. The minimum absolute atomic E-state index is 0.0644. The molecule has 72 valence electrons. The number of hydrogen-bond donors (Lipinski definition) is 2. The molecule has 2 N–H and O–H groups in total. The number of aromatic nitrogens is 2. The molecule has 0 aliphatic heterocycles. The normalized spacial score (nSPS) is 10.1. The van der Waals surface area contributed by atoms with Gasteiger partial charge in [-0.05, 0) is 13.0 Å². The van der Waals surface area contributed by atoms with Crippen LogP contribution in [0.15, 0.2) is 6.07 Å². The summed E-state index contributed by atoms with van der Waals surface area (Å²) >= 11 is 0. The average Bonchev–Trinajstić information content (AvgIpc) is 2.30. The number of carbonyl (C=O) groups excluding carboxylic acids is 1. The maximum atomic E-state index is 11.2. The van der Waals surface area contributed by atoms with Crippen molar-refractivity contribution in [2.45, 2.75) is 13.3 Å². The molecule has 1 heterocycles. The number of nitrogens with one attached hydrogen (secondary N) is 2. The molecule has 1 aromatic heterocycles. The zero-order valence-electron chi connectivity index (χ0n) is 8.09. The summed E-state index contributed by atoms with van der Waals surface area (Å²) in [6.45, 7) is 1.90. The van der Waals surface area contributed by atoms with Crippen LogP contribution < -0.4 is 10.9 Å². The Morgan fingerprint density at radius 3 is 2.85 bits per heavy atom. The van der Waals surface area contributed by atoms with E-state index in [1.54, 1.807) is 11.7 Å². The molecule has 0 spiro atoms. The monoisotopic (exact) mass is 182 g/mol. The van der Waals surface area contributed by atoms with Crippen LogP contribution in [0.1, 0.15) is 11.4 Å². The third-order valence-electron chi connectivity index (χ3n) is 1.70. The van der Waals surface area contributed by atoms with Crippen molar-refractivity contribution in [2.75, 3.05) is 7.05 Å². The van der Waals surface area contributed by atoms with E-state index >= 15 is 0 Å². The van der Waals surface area contributed by atoms with Crippen LogP contribution >= 0.6 is 0 Å². The summed E-state index contributed by atoms with van der Waals surface area (Å²) in [5.41, 5.74) is 6.92. The Morgan fingerprint density at radius 2 is 2.38 bits per heavy atom. The molecule has 5 nitrogen and oxygen atoms in total. The summed E-state index contributed by atoms with van der Waals surface area (Å²) < 4.78 is 1.71. The lowest BCUT2D eigenvalue weighted by atomic mass is 10.3. The summed E-state index contributed by atoms with van der Waals surface area (Å²) in [6, 6.07) is 1.90. The molecule has 0 fully saturated rings. The van der Waals surface area contributed by atoms with Crippen molar-refractivity contribution >= 4 is 5.91 Å². The summed E-state index contributed by atoms with van der Waals surface area (Å²) in [6.07, 6.45) is 0.345. The van der Waals surface area contributed by atoms with Crippen LogP contribution in [0.2, 0.25) is 0 Å². The molecule has 0 aromatic carbocycles. The molecular weight excluding hydrogens is 168 g/mol. The predicted octanol–water partition coefficient (Wildman–Crippen LogP) is -0.478. The maximum Gasteiger partial charge on any atom is 0.240 e. The number of rotatable bonds is 3. The lowest BCUT2D eigenvalue weighted by Crippen LogP contribution is -2.35. The van der Waals surface area contributed by atoms with Gasteiger partial charge >= 0.3 is 0 Å². The Kier molecular flexibility index (Phi) is 3.02. The molecule has 0 radical (unpaired) electrons. The summed E-state index contributed by atoms with van der Waals surface area (Å²) in [7, 11) is 3.49. The van der Waals surface area contributed by atoms with Crippen molar-refractivity contribution in [2.24, 2.45) is 7.05 Å². The molecule has 0 bridgehead atoms. The van der Waals surface area contributed by atoms with E-state index in [4.69, 9.17) is 0 Å². The van der Waals surface area contributed by atoms with Crippen LogP contribution in [-0.2, 0) is 18.3 Å². The predicted molar refractivity (Wildman–Crippen MR) is 48.9 cm³/mol. The van der Waals surface area contributed by atoms with Crippen molar-refractivity contribution in [3.05, 3.63) is 17.5 Å². The fraction of sp³-hybridized carbons (Fsp3) is 0.500. The number of amides is 1. The average molecular weight is 182 g/mol. The number of nitrogens with zero attached hydrogens (tertiary/aromatic N) is 2. The van der Waals surface area contributed by atoms with Crippen LogP contribution in [0, 0.1) is 6.92 Å². The second kappa shape index (κ2) is 4.04. The van der Waals surface area contributed by atoms with E-state index < -0.39 is 0 Å². The SMILES string of the molecule is CNNC(=O)Cc1cc(C)nn1C. The van der Waals surface area contributed by atoms with E-state index in [1.165, 1.54) is 0 Å². The molecule has 1 amide bonds. The summed E-state index contributed by atoms with van der Waals surface area (Å²) in [5.74, 6) is -0.0644. The number of carbonyl (C=O) groups is 1. The molecule has 5 heteroatoms. The first kappa shape index (κ1) is 9.73. The second-order valence-electron chi connectivity index (χ2n) is 2.88. The van der Waals surface area contributed by atoms with Gasteiger partial charge in [0.15, 0.2) is 0 Å². The highest BCUT2D eigenvalue weighted by Gasteiger charge is 2.06. The molecule has 0 saturated heterocycles. The Hall–Kier alpha value is -1.36. The number of hydrazine groups is 1. The van der Waals surface area contributed by atoms with Gasteiger partial charge in [0.2, 0.25) is 5.91 Å². The van der Waals surface area contributed by atoms with E-state index in [1.807, 2.05) is 20.0 Å². The zero-order chi connectivity index (χ0) is 9.84. The number of hydrogen-bond acceptors (Lipinski definition) is 3. The van der Waals surface area contributed by atoms with Crippen molar-refractivity contribution < 1.29 is 4.79 Å². The minimum atomic E-state index is -0.0644.